The SMILES string of the molecule is CC(C)N1C(=O)S/C(=C/c2ccn(C)c2)C1=O. The molecule has 0 aliphatic carbocycles. The van der Waals surface area contributed by atoms with Gasteiger partial charge in [0.05, 0.1) is 4.91 Å². The first kappa shape index (κ1) is 12.0. The number of rotatable bonds is 2. The van der Waals surface area contributed by atoms with E-state index in [9.17, 15) is 9.59 Å². The zero-order chi connectivity index (χ0) is 12.6. The molecule has 1 fully saturated rings. The fourth-order valence-electron chi connectivity index (χ4n) is 1.69. The number of carbonyl (C=O) groups is 2. The minimum atomic E-state index is -0.196. The zero-order valence-corrected chi connectivity index (χ0v) is 10.8. The average Bonchev–Trinajstić information content (AvgIpc) is 2.73. The van der Waals surface area contributed by atoms with E-state index in [2.05, 4.69) is 0 Å². The molecule has 2 amide bonds. The van der Waals surface area contributed by atoms with E-state index >= 15 is 0 Å². The Hall–Kier alpha value is -1.49. The Morgan fingerprint density at radius 3 is 2.53 bits per heavy atom. The summed E-state index contributed by atoms with van der Waals surface area (Å²) in [7, 11) is 1.91. The Morgan fingerprint density at radius 2 is 2.06 bits per heavy atom. The second-order valence-electron chi connectivity index (χ2n) is 4.26. The number of imide groups is 1. The lowest BCUT2D eigenvalue weighted by atomic mass is 10.2. The minimum absolute atomic E-state index is 0.0934. The molecule has 0 N–H and O–H groups in total. The van der Waals surface area contributed by atoms with E-state index in [4.69, 9.17) is 0 Å². The van der Waals surface area contributed by atoms with E-state index in [0.717, 1.165) is 17.3 Å². The zero-order valence-electron chi connectivity index (χ0n) is 10.0. The van der Waals surface area contributed by atoms with E-state index < -0.39 is 0 Å². The van der Waals surface area contributed by atoms with Gasteiger partial charge in [-0.3, -0.25) is 14.5 Å². The van der Waals surface area contributed by atoms with Crippen LogP contribution in [0.5, 0.6) is 0 Å². The monoisotopic (exact) mass is 250 g/mol. The topological polar surface area (TPSA) is 42.3 Å². The van der Waals surface area contributed by atoms with Crippen LogP contribution in [0.1, 0.15) is 19.4 Å². The summed E-state index contributed by atoms with van der Waals surface area (Å²) in [4.78, 5) is 25.4. The van der Waals surface area contributed by atoms with Gasteiger partial charge in [-0.1, -0.05) is 0 Å². The van der Waals surface area contributed by atoms with E-state index in [1.165, 1.54) is 4.90 Å². The summed E-state index contributed by atoms with van der Waals surface area (Å²) in [5, 5.41) is -0.188. The van der Waals surface area contributed by atoms with E-state index in [0.29, 0.717) is 4.91 Å². The Morgan fingerprint density at radius 1 is 1.35 bits per heavy atom. The molecule has 0 unspecified atom stereocenters. The molecule has 17 heavy (non-hydrogen) atoms. The number of amides is 2. The first-order valence-electron chi connectivity index (χ1n) is 5.38. The number of nitrogens with zero attached hydrogens (tertiary/aromatic N) is 2. The molecule has 0 saturated carbocycles. The van der Waals surface area contributed by atoms with Gasteiger partial charge in [0.1, 0.15) is 0 Å². The standard InChI is InChI=1S/C12H14N2O2S/c1-8(2)14-11(15)10(17-12(14)16)6-9-4-5-13(3)7-9/h4-8H,1-3H3/b10-6+. The number of aromatic nitrogens is 1. The molecule has 0 bridgehead atoms. The Kier molecular flexibility index (Phi) is 3.11. The van der Waals surface area contributed by atoms with Crippen LogP contribution in [0.2, 0.25) is 0 Å². The van der Waals surface area contributed by atoms with Crippen LogP contribution in [0.25, 0.3) is 6.08 Å². The van der Waals surface area contributed by atoms with Crippen LogP contribution >= 0.6 is 11.8 Å². The molecule has 0 atom stereocenters. The highest BCUT2D eigenvalue weighted by atomic mass is 32.2. The normalized spacial score (nSPS) is 18.8. The van der Waals surface area contributed by atoms with Crippen molar-refractivity contribution in [2.24, 2.45) is 7.05 Å². The lowest BCUT2D eigenvalue weighted by Gasteiger charge is -2.16. The lowest BCUT2D eigenvalue weighted by molar-refractivity contribution is -0.123. The van der Waals surface area contributed by atoms with Crippen LogP contribution in [-0.2, 0) is 11.8 Å². The molecular formula is C12H14N2O2S. The van der Waals surface area contributed by atoms with Crippen LogP contribution in [0.15, 0.2) is 23.4 Å². The van der Waals surface area contributed by atoms with Crippen LogP contribution in [0.3, 0.4) is 0 Å². The van der Waals surface area contributed by atoms with Gasteiger partial charge in [-0.05, 0) is 43.3 Å². The van der Waals surface area contributed by atoms with Crippen molar-refractivity contribution >= 4 is 29.0 Å². The molecule has 90 valence electrons. The van der Waals surface area contributed by atoms with E-state index in [1.54, 1.807) is 6.08 Å². The summed E-state index contributed by atoms with van der Waals surface area (Å²) in [6, 6.07) is 1.81. The molecule has 0 aromatic carbocycles. The highest BCUT2D eigenvalue weighted by Crippen LogP contribution is 2.33. The molecule has 1 aliphatic heterocycles. The molecule has 0 radical (unpaired) electrons. The number of hydrogen-bond acceptors (Lipinski definition) is 3. The Balaban J connectivity index is 2.28. The van der Waals surface area contributed by atoms with Crippen molar-refractivity contribution < 1.29 is 9.59 Å². The van der Waals surface area contributed by atoms with Gasteiger partial charge in [0.15, 0.2) is 0 Å². The first-order chi connectivity index (χ1) is 7.99. The molecule has 4 nitrogen and oxygen atoms in total. The maximum atomic E-state index is 12.0. The molecule has 1 saturated heterocycles. The van der Waals surface area contributed by atoms with Gasteiger partial charge < -0.3 is 4.57 Å². The van der Waals surface area contributed by atoms with Gasteiger partial charge in [0, 0.05) is 25.5 Å². The third-order valence-corrected chi connectivity index (χ3v) is 3.38. The van der Waals surface area contributed by atoms with Crippen LogP contribution < -0.4 is 0 Å². The molecule has 0 spiro atoms. The lowest BCUT2D eigenvalue weighted by Crippen LogP contribution is -2.34. The highest BCUT2D eigenvalue weighted by Gasteiger charge is 2.36. The second-order valence-corrected chi connectivity index (χ2v) is 5.25. The maximum absolute atomic E-state index is 12.0. The van der Waals surface area contributed by atoms with Gasteiger partial charge in [0.2, 0.25) is 0 Å². The van der Waals surface area contributed by atoms with E-state index in [1.807, 2.05) is 43.9 Å². The number of hydrogen-bond donors (Lipinski definition) is 0. The quantitative estimate of drug-likeness (QED) is 0.757. The predicted molar refractivity (Wildman–Crippen MR) is 68.4 cm³/mol. The first-order valence-corrected chi connectivity index (χ1v) is 6.19. The molecular weight excluding hydrogens is 236 g/mol. The minimum Gasteiger partial charge on any atom is -0.357 e. The smallest absolute Gasteiger partial charge is 0.293 e. The van der Waals surface area contributed by atoms with Gasteiger partial charge in [-0.2, -0.15) is 0 Å². The van der Waals surface area contributed by atoms with Crippen molar-refractivity contribution in [1.82, 2.24) is 9.47 Å². The molecule has 1 aliphatic rings. The summed E-state index contributed by atoms with van der Waals surface area (Å²) in [6.45, 7) is 3.67. The number of aryl methyl sites for hydroxylation is 1. The number of thioether (sulfide) groups is 1. The van der Waals surface area contributed by atoms with Gasteiger partial charge in [-0.15, -0.1) is 0 Å². The van der Waals surface area contributed by atoms with E-state index in [-0.39, 0.29) is 17.2 Å². The second kappa shape index (κ2) is 4.41. The van der Waals surface area contributed by atoms with Crippen molar-refractivity contribution in [2.45, 2.75) is 19.9 Å². The third-order valence-electron chi connectivity index (χ3n) is 2.49. The Bertz CT molecular complexity index is 502. The molecule has 1 aromatic heterocycles. The molecule has 2 rings (SSSR count). The molecule has 5 heteroatoms. The van der Waals surface area contributed by atoms with Crippen LogP contribution in [0, 0.1) is 0 Å². The highest BCUT2D eigenvalue weighted by molar-refractivity contribution is 8.18. The fraction of sp³-hybridized carbons (Fsp3) is 0.333. The summed E-state index contributed by atoms with van der Waals surface area (Å²) >= 11 is 1.00. The van der Waals surface area contributed by atoms with Gasteiger partial charge in [0.25, 0.3) is 11.1 Å². The van der Waals surface area contributed by atoms with Crippen molar-refractivity contribution in [2.75, 3.05) is 0 Å². The van der Waals surface area contributed by atoms with Crippen molar-refractivity contribution in [3.05, 3.63) is 28.9 Å². The maximum Gasteiger partial charge on any atom is 0.293 e. The summed E-state index contributed by atoms with van der Waals surface area (Å²) < 4.78 is 1.90. The summed E-state index contributed by atoms with van der Waals surface area (Å²) in [5.41, 5.74) is 0.932. The largest absolute Gasteiger partial charge is 0.357 e. The summed E-state index contributed by atoms with van der Waals surface area (Å²) in [5.74, 6) is -0.196. The predicted octanol–water partition coefficient (Wildman–Crippen LogP) is 2.47. The van der Waals surface area contributed by atoms with Gasteiger partial charge in [-0.25, -0.2) is 0 Å². The van der Waals surface area contributed by atoms with Crippen molar-refractivity contribution in [3.63, 3.8) is 0 Å². The number of carbonyl (C=O) groups excluding carboxylic acids is 2. The average molecular weight is 250 g/mol. The van der Waals surface area contributed by atoms with Crippen molar-refractivity contribution in [1.29, 1.82) is 0 Å². The van der Waals surface area contributed by atoms with Crippen molar-refractivity contribution in [3.8, 4) is 0 Å². The summed E-state index contributed by atoms with van der Waals surface area (Å²) in [6.07, 6.45) is 5.56. The van der Waals surface area contributed by atoms with Crippen LogP contribution in [-0.4, -0.2) is 26.7 Å². The molecule has 2 heterocycles. The fourth-order valence-corrected chi connectivity index (χ4v) is 2.65. The Labute approximate surface area is 104 Å². The third kappa shape index (κ3) is 2.29. The molecule has 1 aromatic rings. The van der Waals surface area contributed by atoms with Crippen LogP contribution in [0.4, 0.5) is 4.79 Å². The van der Waals surface area contributed by atoms with Gasteiger partial charge >= 0.3 is 0 Å².